The van der Waals surface area contributed by atoms with Crippen LogP contribution in [0.2, 0.25) is 0 Å². The van der Waals surface area contributed by atoms with Gasteiger partial charge in [0.1, 0.15) is 34.5 Å². The van der Waals surface area contributed by atoms with Gasteiger partial charge in [0, 0.05) is 56.3 Å². The highest BCUT2D eigenvalue weighted by molar-refractivity contribution is 6.11. The number of rotatable bonds is 2. The van der Waals surface area contributed by atoms with Crippen LogP contribution in [0, 0.1) is 16.7 Å². The van der Waals surface area contributed by atoms with Gasteiger partial charge in [0.25, 0.3) is 0 Å². The van der Waals surface area contributed by atoms with Crippen molar-refractivity contribution in [1.29, 1.82) is 0 Å². The smallest absolute Gasteiger partial charge is 0.410 e. The molecule has 0 bridgehead atoms. The van der Waals surface area contributed by atoms with Gasteiger partial charge in [-0.1, -0.05) is 0 Å². The van der Waals surface area contributed by atoms with Crippen LogP contribution in [-0.4, -0.2) is 95.1 Å². The lowest BCUT2D eigenvalue weighted by atomic mass is 9.61. The molecule has 1 unspecified atom stereocenters. The van der Waals surface area contributed by atoms with E-state index >= 15 is 0 Å². The Labute approximate surface area is 240 Å². The summed E-state index contributed by atoms with van der Waals surface area (Å²) in [7, 11) is 0. The van der Waals surface area contributed by atoms with E-state index in [-0.39, 0.29) is 67.8 Å². The molecular formula is C29H42N2O10. The fraction of sp³-hybridized carbons (Fsp3) is 0.759. The molecule has 2 heterocycles. The van der Waals surface area contributed by atoms with Crippen LogP contribution in [0.4, 0.5) is 9.59 Å². The van der Waals surface area contributed by atoms with Gasteiger partial charge >= 0.3 is 18.2 Å². The number of ether oxygens (including phenoxy) is 3. The largest absolute Gasteiger partial charge is 0.465 e. The summed E-state index contributed by atoms with van der Waals surface area (Å²) in [6.07, 6.45) is -0.0986. The summed E-state index contributed by atoms with van der Waals surface area (Å²) in [6.45, 7) is 13.8. The SMILES string of the molecule is CC(C)(C)OC(=O)N1CC2(CC(=O)CC(=O)C2)C1.CCOC(=O)C1C(=O)CC(=O)CC12CN(C(=O)OC(C)(C)C)C2. The molecule has 228 valence electrons. The van der Waals surface area contributed by atoms with Crippen LogP contribution in [-0.2, 0) is 38.2 Å². The Morgan fingerprint density at radius 2 is 1.17 bits per heavy atom. The predicted molar refractivity (Wildman–Crippen MR) is 144 cm³/mol. The Morgan fingerprint density at radius 1 is 0.732 bits per heavy atom. The average Bonchev–Trinajstić information content (AvgIpc) is 2.72. The molecule has 2 amide bonds. The van der Waals surface area contributed by atoms with Gasteiger partial charge in [0.2, 0.25) is 0 Å². The number of hydrogen-bond donors (Lipinski definition) is 0. The molecule has 41 heavy (non-hydrogen) atoms. The average molecular weight is 579 g/mol. The number of hydrogen-bond acceptors (Lipinski definition) is 10. The van der Waals surface area contributed by atoms with Crippen molar-refractivity contribution in [3.05, 3.63) is 0 Å². The summed E-state index contributed by atoms with van der Waals surface area (Å²) in [6, 6.07) is 0. The lowest BCUT2D eigenvalue weighted by Crippen LogP contribution is -2.67. The van der Waals surface area contributed by atoms with Crippen LogP contribution in [0.1, 0.15) is 80.6 Å². The molecule has 2 saturated heterocycles. The van der Waals surface area contributed by atoms with Crippen molar-refractivity contribution in [3.8, 4) is 0 Å². The number of carbonyl (C=O) groups excluding carboxylic acids is 7. The van der Waals surface area contributed by atoms with E-state index < -0.39 is 40.4 Å². The first kappa shape index (κ1) is 32.2. The van der Waals surface area contributed by atoms with Gasteiger partial charge in [-0.3, -0.25) is 24.0 Å². The standard InChI is InChI=1S/C16H23NO6.C13H19NO4/c1-5-22-13(20)12-11(19)6-10(18)7-16(12)8-17(9-16)14(21)23-15(2,3)4;1-12(2,3)18-11(17)14-7-13(8-14)5-9(15)4-10(16)6-13/h12H,5-9H2,1-4H3;4-8H2,1-3H3. The highest BCUT2D eigenvalue weighted by Crippen LogP contribution is 2.46. The molecule has 2 spiro atoms. The first-order valence-corrected chi connectivity index (χ1v) is 14.0. The maximum atomic E-state index is 12.2. The number of nitrogens with zero attached hydrogens (tertiary/aromatic N) is 2. The van der Waals surface area contributed by atoms with Gasteiger partial charge < -0.3 is 24.0 Å². The van der Waals surface area contributed by atoms with Crippen molar-refractivity contribution < 1.29 is 47.8 Å². The molecule has 0 aromatic heterocycles. The monoisotopic (exact) mass is 578 g/mol. The number of amides is 2. The van der Waals surface area contributed by atoms with Gasteiger partial charge in [0.05, 0.1) is 19.4 Å². The van der Waals surface area contributed by atoms with Gasteiger partial charge in [-0.05, 0) is 48.5 Å². The summed E-state index contributed by atoms with van der Waals surface area (Å²) in [4.78, 5) is 85.8. The van der Waals surface area contributed by atoms with Crippen LogP contribution in [0.15, 0.2) is 0 Å². The van der Waals surface area contributed by atoms with E-state index in [9.17, 15) is 33.6 Å². The van der Waals surface area contributed by atoms with E-state index in [2.05, 4.69) is 0 Å². The molecule has 0 aromatic rings. The second-order valence-electron chi connectivity index (χ2n) is 13.7. The molecule has 0 aromatic carbocycles. The molecule has 12 nitrogen and oxygen atoms in total. The van der Waals surface area contributed by atoms with E-state index in [1.54, 1.807) is 32.6 Å². The van der Waals surface area contributed by atoms with Crippen molar-refractivity contribution in [3.63, 3.8) is 0 Å². The van der Waals surface area contributed by atoms with Gasteiger partial charge in [-0.2, -0.15) is 0 Å². The Bertz CT molecular complexity index is 1100. The third kappa shape index (κ3) is 7.91. The summed E-state index contributed by atoms with van der Waals surface area (Å²) in [5.41, 5.74) is -2.28. The van der Waals surface area contributed by atoms with E-state index in [1.807, 2.05) is 20.8 Å². The van der Waals surface area contributed by atoms with Crippen molar-refractivity contribution in [2.75, 3.05) is 32.8 Å². The van der Waals surface area contributed by atoms with Crippen LogP contribution in [0.5, 0.6) is 0 Å². The number of carbonyl (C=O) groups is 7. The minimum Gasteiger partial charge on any atom is -0.465 e. The fourth-order valence-electron chi connectivity index (χ4n) is 5.95. The van der Waals surface area contributed by atoms with E-state index in [4.69, 9.17) is 14.2 Å². The molecule has 2 aliphatic carbocycles. The van der Waals surface area contributed by atoms with Crippen LogP contribution in [0.3, 0.4) is 0 Å². The third-order valence-electron chi connectivity index (χ3n) is 7.28. The molecule has 12 heteroatoms. The molecule has 4 aliphatic rings. The number of likely N-dealkylation sites (tertiary alicyclic amines) is 2. The quantitative estimate of drug-likeness (QED) is 0.271. The third-order valence-corrected chi connectivity index (χ3v) is 7.28. The highest BCUT2D eigenvalue weighted by atomic mass is 16.6. The van der Waals surface area contributed by atoms with Crippen LogP contribution < -0.4 is 0 Å². The van der Waals surface area contributed by atoms with E-state index in [0.717, 1.165) is 0 Å². The van der Waals surface area contributed by atoms with Crippen molar-refractivity contribution in [1.82, 2.24) is 9.80 Å². The Hall–Kier alpha value is -3.31. The lowest BCUT2D eigenvalue weighted by Gasteiger charge is -2.53. The summed E-state index contributed by atoms with van der Waals surface area (Å²) in [5.74, 6) is -2.19. The molecule has 4 fully saturated rings. The zero-order chi connectivity index (χ0) is 31.0. The van der Waals surface area contributed by atoms with Gasteiger partial charge in [0.15, 0.2) is 5.78 Å². The molecule has 2 aliphatic heterocycles. The first-order chi connectivity index (χ1) is 18.8. The molecular weight excluding hydrogens is 536 g/mol. The molecule has 1 atom stereocenters. The fourth-order valence-corrected chi connectivity index (χ4v) is 5.95. The normalized spacial score (nSPS) is 23.2. The van der Waals surface area contributed by atoms with Crippen molar-refractivity contribution >= 4 is 41.3 Å². The molecule has 0 N–H and O–H groups in total. The van der Waals surface area contributed by atoms with Crippen molar-refractivity contribution in [2.24, 2.45) is 16.7 Å². The Balaban J connectivity index is 0.000000232. The summed E-state index contributed by atoms with van der Waals surface area (Å²) >= 11 is 0. The van der Waals surface area contributed by atoms with E-state index in [1.165, 1.54) is 4.90 Å². The molecule has 4 rings (SSSR count). The van der Waals surface area contributed by atoms with Gasteiger partial charge in [-0.15, -0.1) is 0 Å². The second kappa shape index (κ2) is 11.5. The van der Waals surface area contributed by atoms with Crippen molar-refractivity contribution in [2.45, 2.75) is 91.8 Å². The topological polar surface area (TPSA) is 154 Å². The van der Waals surface area contributed by atoms with Gasteiger partial charge in [-0.25, -0.2) is 9.59 Å². The number of ketones is 4. The zero-order valence-electron chi connectivity index (χ0n) is 25.1. The maximum Gasteiger partial charge on any atom is 0.410 e. The number of esters is 1. The maximum absolute atomic E-state index is 12.2. The minimum atomic E-state index is -0.973. The second-order valence-corrected chi connectivity index (χ2v) is 13.7. The van der Waals surface area contributed by atoms with Crippen LogP contribution in [0.25, 0.3) is 0 Å². The predicted octanol–water partition coefficient (Wildman–Crippen LogP) is 2.88. The minimum absolute atomic E-state index is 0.00455. The first-order valence-electron chi connectivity index (χ1n) is 14.0. The zero-order valence-corrected chi connectivity index (χ0v) is 25.1. The van der Waals surface area contributed by atoms with E-state index in [0.29, 0.717) is 25.9 Å². The molecule has 0 radical (unpaired) electrons. The summed E-state index contributed by atoms with van der Waals surface area (Å²) in [5, 5.41) is 0. The lowest BCUT2D eigenvalue weighted by molar-refractivity contribution is -0.170. The van der Waals surface area contributed by atoms with Crippen LogP contribution >= 0.6 is 0 Å². The Morgan fingerprint density at radius 3 is 1.61 bits per heavy atom. The highest BCUT2D eigenvalue weighted by Gasteiger charge is 2.60. The molecule has 2 saturated carbocycles. The summed E-state index contributed by atoms with van der Waals surface area (Å²) < 4.78 is 15.5. The Kier molecular flexibility index (Phi) is 9.05. The number of Topliss-reactive ketones (excluding diaryl/α,β-unsaturated/α-hetero) is 4.